The van der Waals surface area contributed by atoms with E-state index < -0.39 is 0 Å². The molecular formula is C62H38N2S. The molecular weight excluding hydrogens is 805 g/mol. The van der Waals surface area contributed by atoms with Crippen LogP contribution >= 0.6 is 11.3 Å². The van der Waals surface area contributed by atoms with Crippen LogP contribution in [0, 0.1) is 0 Å². The van der Waals surface area contributed by atoms with Crippen molar-refractivity contribution in [1.29, 1.82) is 0 Å². The summed E-state index contributed by atoms with van der Waals surface area (Å²) in [5, 5.41) is 12.6. The van der Waals surface area contributed by atoms with Gasteiger partial charge in [0.2, 0.25) is 0 Å². The van der Waals surface area contributed by atoms with Crippen molar-refractivity contribution >= 4 is 74.6 Å². The van der Waals surface area contributed by atoms with Crippen LogP contribution in [0.1, 0.15) is 0 Å². The summed E-state index contributed by atoms with van der Waals surface area (Å²) in [4.78, 5) is 10.4. The van der Waals surface area contributed by atoms with Crippen LogP contribution in [-0.4, -0.2) is 9.97 Å². The number of hydrogen-bond donors (Lipinski definition) is 0. The molecule has 0 spiro atoms. The Kier molecular flexibility index (Phi) is 8.75. The van der Waals surface area contributed by atoms with Crippen LogP contribution in [0.2, 0.25) is 0 Å². The van der Waals surface area contributed by atoms with Gasteiger partial charge in [0.05, 0.1) is 11.4 Å². The average molecular weight is 843 g/mol. The lowest BCUT2D eigenvalue weighted by Gasteiger charge is -2.15. The summed E-state index contributed by atoms with van der Waals surface area (Å²) in [5.41, 5.74) is 12.3. The molecule has 0 atom stereocenters. The van der Waals surface area contributed by atoms with Crippen molar-refractivity contribution in [2.45, 2.75) is 0 Å². The van der Waals surface area contributed by atoms with Crippen LogP contribution in [0.25, 0.3) is 131 Å². The second-order valence-corrected chi connectivity index (χ2v) is 17.9. The molecule has 0 saturated carbocycles. The minimum Gasteiger partial charge on any atom is -0.228 e. The van der Waals surface area contributed by atoms with Crippen LogP contribution in [-0.2, 0) is 0 Å². The molecule has 0 aliphatic carbocycles. The highest BCUT2D eigenvalue weighted by atomic mass is 32.1. The van der Waals surface area contributed by atoms with Crippen LogP contribution in [0.4, 0.5) is 0 Å². The predicted molar refractivity (Wildman–Crippen MR) is 278 cm³/mol. The third-order valence-electron chi connectivity index (χ3n) is 13.1. The molecule has 3 heteroatoms. The Morgan fingerprint density at radius 1 is 0.277 bits per heavy atom. The first kappa shape index (κ1) is 37.3. The second-order valence-electron chi connectivity index (χ2n) is 16.8. The first-order valence-electron chi connectivity index (χ1n) is 22.1. The average Bonchev–Trinajstić information content (AvgIpc) is 3.77. The molecule has 0 unspecified atom stereocenters. The number of thiophene rings is 1. The highest BCUT2D eigenvalue weighted by molar-refractivity contribution is 7.26. The van der Waals surface area contributed by atoms with Crippen molar-refractivity contribution in [1.82, 2.24) is 9.97 Å². The van der Waals surface area contributed by atoms with Gasteiger partial charge in [-0.3, -0.25) is 0 Å². The minimum absolute atomic E-state index is 0.717. The van der Waals surface area contributed by atoms with Crippen molar-refractivity contribution < 1.29 is 0 Å². The van der Waals surface area contributed by atoms with Crippen molar-refractivity contribution in [2.75, 3.05) is 0 Å². The van der Waals surface area contributed by atoms with Gasteiger partial charge in [0.15, 0.2) is 5.82 Å². The lowest BCUT2D eigenvalue weighted by Crippen LogP contribution is -1.96. The van der Waals surface area contributed by atoms with E-state index in [1.165, 1.54) is 91.1 Å². The Hall–Kier alpha value is -8.24. The zero-order chi connectivity index (χ0) is 42.8. The number of benzene rings is 11. The predicted octanol–water partition coefficient (Wildman–Crippen LogP) is 17.5. The maximum Gasteiger partial charge on any atom is 0.160 e. The fourth-order valence-electron chi connectivity index (χ4n) is 9.97. The van der Waals surface area contributed by atoms with E-state index in [9.17, 15) is 0 Å². The largest absolute Gasteiger partial charge is 0.228 e. The van der Waals surface area contributed by atoms with Gasteiger partial charge in [0.25, 0.3) is 0 Å². The van der Waals surface area contributed by atoms with Gasteiger partial charge < -0.3 is 0 Å². The third-order valence-corrected chi connectivity index (χ3v) is 14.3. The van der Waals surface area contributed by atoms with E-state index in [0.29, 0.717) is 5.82 Å². The number of nitrogens with zero attached hydrogens (tertiary/aromatic N) is 2. The minimum atomic E-state index is 0.717. The monoisotopic (exact) mass is 842 g/mol. The Balaban J connectivity index is 0.874. The Bertz CT molecular complexity index is 3980. The molecule has 0 fully saturated rings. The summed E-state index contributed by atoms with van der Waals surface area (Å²) >= 11 is 1.83. The number of hydrogen-bond acceptors (Lipinski definition) is 3. The topological polar surface area (TPSA) is 25.8 Å². The van der Waals surface area contributed by atoms with Crippen molar-refractivity contribution in [3.8, 4) is 67.3 Å². The molecule has 0 aliphatic heterocycles. The standard InChI is InChI=1S/C62H38N2S/c1-2-14-44(15-3-1)62-63-57(38-58(64-62)55-23-12-22-54-52-21-10-11-24-59(52)65-61(54)55)42-29-25-40(26-30-42)47-35-36-48(51-20-9-8-19-50(47)51)41-27-31-43(32-28-41)60-49-18-7-5-16-45(49)37-56-46-17-6-4-13-39(46)33-34-53(56)60/h1-38H. The van der Waals surface area contributed by atoms with E-state index in [1.807, 2.05) is 29.5 Å². The third kappa shape index (κ3) is 6.31. The number of aromatic nitrogens is 2. The zero-order valence-corrected chi connectivity index (χ0v) is 36.1. The molecule has 0 radical (unpaired) electrons. The maximum atomic E-state index is 5.20. The van der Waals surface area contributed by atoms with Gasteiger partial charge in [0, 0.05) is 36.9 Å². The van der Waals surface area contributed by atoms with E-state index >= 15 is 0 Å². The molecule has 2 aromatic heterocycles. The van der Waals surface area contributed by atoms with Crippen molar-refractivity contribution in [2.24, 2.45) is 0 Å². The first-order valence-corrected chi connectivity index (χ1v) is 23.0. The van der Waals surface area contributed by atoms with Crippen LogP contribution in [0.5, 0.6) is 0 Å². The normalized spacial score (nSPS) is 11.7. The highest BCUT2D eigenvalue weighted by Gasteiger charge is 2.17. The molecule has 0 bridgehead atoms. The van der Waals surface area contributed by atoms with Gasteiger partial charge in [-0.25, -0.2) is 9.97 Å². The quantitative estimate of drug-likeness (QED) is 0.123. The van der Waals surface area contributed by atoms with E-state index in [4.69, 9.17) is 9.97 Å². The Morgan fingerprint density at radius 3 is 1.58 bits per heavy atom. The van der Waals surface area contributed by atoms with Gasteiger partial charge in [-0.2, -0.15) is 0 Å². The molecule has 11 aromatic carbocycles. The maximum absolute atomic E-state index is 5.20. The van der Waals surface area contributed by atoms with Crippen LogP contribution in [0.15, 0.2) is 231 Å². The summed E-state index contributed by atoms with van der Waals surface area (Å²) in [6.45, 7) is 0. The first-order chi connectivity index (χ1) is 32.2. The van der Waals surface area contributed by atoms with Crippen LogP contribution < -0.4 is 0 Å². The van der Waals surface area contributed by atoms with Gasteiger partial charge >= 0.3 is 0 Å². The lowest BCUT2D eigenvalue weighted by atomic mass is 9.88. The second kappa shape index (κ2) is 15.2. The van der Waals surface area contributed by atoms with E-state index in [2.05, 4.69) is 212 Å². The van der Waals surface area contributed by atoms with E-state index in [-0.39, 0.29) is 0 Å². The summed E-state index contributed by atoms with van der Waals surface area (Å²) < 4.78 is 2.52. The van der Waals surface area contributed by atoms with Gasteiger partial charge in [0.1, 0.15) is 0 Å². The SMILES string of the molecule is c1ccc(-c2nc(-c3ccc(-c4ccc(-c5ccc(-c6c7ccccc7cc7c6ccc6ccccc67)cc5)c5ccccc45)cc3)cc(-c3cccc4c3sc3ccccc34)n2)cc1. The van der Waals surface area contributed by atoms with Crippen molar-refractivity contribution in [3.05, 3.63) is 231 Å². The number of rotatable bonds is 6. The molecule has 13 aromatic rings. The Labute approximate surface area is 380 Å². The zero-order valence-electron chi connectivity index (χ0n) is 35.2. The highest BCUT2D eigenvalue weighted by Crippen LogP contribution is 2.43. The molecule has 65 heavy (non-hydrogen) atoms. The number of fused-ring (bicyclic) bond motifs is 8. The fourth-order valence-corrected chi connectivity index (χ4v) is 11.2. The molecule has 0 saturated heterocycles. The summed E-state index contributed by atoms with van der Waals surface area (Å²) in [7, 11) is 0. The molecule has 2 heterocycles. The van der Waals surface area contributed by atoms with Crippen molar-refractivity contribution in [3.63, 3.8) is 0 Å². The van der Waals surface area contributed by atoms with Crippen LogP contribution in [0.3, 0.4) is 0 Å². The molecule has 302 valence electrons. The lowest BCUT2D eigenvalue weighted by molar-refractivity contribution is 1.19. The summed E-state index contributed by atoms with van der Waals surface area (Å²) in [5.74, 6) is 0.717. The van der Waals surface area contributed by atoms with E-state index in [0.717, 1.165) is 33.6 Å². The summed E-state index contributed by atoms with van der Waals surface area (Å²) in [6, 6.07) is 83.5. The molecule has 0 aliphatic rings. The fraction of sp³-hybridized carbons (Fsp3) is 0. The Morgan fingerprint density at radius 2 is 0.846 bits per heavy atom. The molecule has 2 nitrogen and oxygen atoms in total. The molecule has 13 rings (SSSR count). The van der Waals surface area contributed by atoms with Gasteiger partial charge in [-0.15, -0.1) is 11.3 Å². The smallest absolute Gasteiger partial charge is 0.160 e. The molecule has 0 N–H and O–H groups in total. The van der Waals surface area contributed by atoms with Gasteiger partial charge in [-0.1, -0.05) is 212 Å². The molecule has 0 amide bonds. The van der Waals surface area contributed by atoms with E-state index in [1.54, 1.807) is 0 Å². The summed E-state index contributed by atoms with van der Waals surface area (Å²) in [6.07, 6.45) is 0. The van der Waals surface area contributed by atoms with Gasteiger partial charge in [-0.05, 0) is 94.7 Å².